The molecular formula is C13H20O2S. The number of benzene rings is 1. The van der Waals surface area contributed by atoms with E-state index in [1.165, 1.54) is 6.26 Å². The van der Waals surface area contributed by atoms with Crippen LogP contribution in [0.3, 0.4) is 0 Å². The van der Waals surface area contributed by atoms with E-state index in [-0.39, 0.29) is 0 Å². The fourth-order valence-corrected chi connectivity index (χ4v) is 2.63. The van der Waals surface area contributed by atoms with Crippen LogP contribution < -0.4 is 0 Å². The van der Waals surface area contributed by atoms with Crippen LogP contribution in [0.4, 0.5) is 0 Å². The average molecular weight is 240 g/mol. The lowest BCUT2D eigenvalue weighted by atomic mass is 9.92. The summed E-state index contributed by atoms with van der Waals surface area (Å²) in [5.74, 6) is 0.478. The fraction of sp³-hybridized carbons (Fsp3) is 0.538. The van der Waals surface area contributed by atoms with Crippen LogP contribution in [0.1, 0.15) is 44.6 Å². The molecule has 0 spiro atoms. The smallest absolute Gasteiger partial charge is 0.175 e. The van der Waals surface area contributed by atoms with Crippen LogP contribution in [-0.4, -0.2) is 14.7 Å². The minimum atomic E-state index is -3.08. The Morgan fingerprint density at radius 1 is 1.25 bits per heavy atom. The Morgan fingerprint density at radius 3 is 2.44 bits per heavy atom. The summed E-state index contributed by atoms with van der Waals surface area (Å²) in [5, 5.41) is 0. The van der Waals surface area contributed by atoms with E-state index < -0.39 is 9.84 Å². The molecule has 1 unspecified atom stereocenters. The number of rotatable bonds is 5. The molecule has 2 nitrogen and oxygen atoms in total. The maximum Gasteiger partial charge on any atom is 0.175 e. The highest BCUT2D eigenvalue weighted by molar-refractivity contribution is 7.90. The third kappa shape index (κ3) is 3.34. The van der Waals surface area contributed by atoms with Crippen molar-refractivity contribution >= 4 is 9.84 Å². The third-order valence-electron chi connectivity index (χ3n) is 2.89. The van der Waals surface area contributed by atoms with Gasteiger partial charge in [0.2, 0.25) is 0 Å². The van der Waals surface area contributed by atoms with Gasteiger partial charge in [-0.15, -0.1) is 0 Å². The molecule has 1 rings (SSSR count). The molecule has 0 saturated carbocycles. The normalized spacial score (nSPS) is 13.7. The van der Waals surface area contributed by atoms with Crippen molar-refractivity contribution in [3.8, 4) is 0 Å². The molecule has 0 heterocycles. The second-order valence-corrected chi connectivity index (χ2v) is 6.25. The first kappa shape index (κ1) is 13.2. The molecule has 0 amide bonds. The van der Waals surface area contributed by atoms with Gasteiger partial charge in [-0.05, 0) is 36.5 Å². The van der Waals surface area contributed by atoms with E-state index in [0.717, 1.165) is 24.8 Å². The lowest BCUT2D eigenvalue weighted by molar-refractivity contribution is 0.590. The van der Waals surface area contributed by atoms with Gasteiger partial charge in [-0.2, -0.15) is 0 Å². The van der Waals surface area contributed by atoms with Gasteiger partial charge in [0, 0.05) is 6.26 Å². The second-order valence-electron chi connectivity index (χ2n) is 4.24. The molecular weight excluding hydrogens is 220 g/mol. The second kappa shape index (κ2) is 5.48. The van der Waals surface area contributed by atoms with Crippen molar-refractivity contribution in [1.82, 2.24) is 0 Å². The molecule has 0 radical (unpaired) electrons. The summed E-state index contributed by atoms with van der Waals surface area (Å²) >= 11 is 0. The van der Waals surface area contributed by atoms with Gasteiger partial charge in [-0.1, -0.05) is 32.4 Å². The zero-order valence-electron chi connectivity index (χ0n) is 10.2. The maximum atomic E-state index is 11.5. The summed E-state index contributed by atoms with van der Waals surface area (Å²) in [7, 11) is -3.08. The Kier molecular flexibility index (Phi) is 4.54. The standard InChI is InChI=1S/C13H20O2S/c1-4-7-11(5-2)12-8-6-9-13(10-12)16(3,14)15/h6,8-11H,4-5,7H2,1-3H3. The van der Waals surface area contributed by atoms with E-state index in [9.17, 15) is 8.42 Å². The number of hydrogen-bond acceptors (Lipinski definition) is 2. The van der Waals surface area contributed by atoms with Crippen molar-refractivity contribution < 1.29 is 8.42 Å². The first-order valence-electron chi connectivity index (χ1n) is 5.79. The molecule has 1 aromatic carbocycles. The molecule has 0 aromatic heterocycles. The van der Waals surface area contributed by atoms with E-state index in [4.69, 9.17) is 0 Å². The van der Waals surface area contributed by atoms with Crippen molar-refractivity contribution in [2.24, 2.45) is 0 Å². The summed E-state index contributed by atoms with van der Waals surface area (Å²) in [5.41, 5.74) is 1.15. The first-order chi connectivity index (χ1) is 7.49. The van der Waals surface area contributed by atoms with Crippen LogP contribution in [-0.2, 0) is 9.84 Å². The van der Waals surface area contributed by atoms with Crippen molar-refractivity contribution in [1.29, 1.82) is 0 Å². The van der Waals surface area contributed by atoms with Gasteiger partial charge in [0.15, 0.2) is 9.84 Å². The summed E-state index contributed by atoms with van der Waals surface area (Å²) in [6, 6.07) is 7.35. The van der Waals surface area contributed by atoms with Gasteiger partial charge in [-0.25, -0.2) is 8.42 Å². The van der Waals surface area contributed by atoms with E-state index >= 15 is 0 Å². The van der Waals surface area contributed by atoms with Gasteiger partial charge in [-0.3, -0.25) is 0 Å². The van der Waals surface area contributed by atoms with Gasteiger partial charge in [0.1, 0.15) is 0 Å². The van der Waals surface area contributed by atoms with Gasteiger partial charge in [0.05, 0.1) is 4.90 Å². The number of sulfone groups is 1. The zero-order valence-corrected chi connectivity index (χ0v) is 11.0. The molecule has 1 aromatic rings. The summed E-state index contributed by atoms with van der Waals surface area (Å²) in [4.78, 5) is 0.430. The molecule has 0 fully saturated rings. The summed E-state index contributed by atoms with van der Waals surface area (Å²) in [6.45, 7) is 4.30. The highest BCUT2D eigenvalue weighted by Gasteiger charge is 2.12. The molecule has 16 heavy (non-hydrogen) atoms. The summed E-state index contributed by atoms with van der Waals surface area (Å²) in [6.07, 6.45) is 4.55. The topological polar surface area (TPSA) is 34.1 Å². The lowest BCUT2D eigenvalue weighted by Crippen LogP contribution is -2.01. The molecule has 0 N–H and O–H groups in total. The fourth-order valence-electron chi connectivity index (χ4n) is 1.95. The minimum absolute atomic E-state index is 0.430. The zero-order chi connectivity index (χ0) is 12.2. The molecule has 0 aliphatic heterocycles. The molecule has 1 atom stereocenters. The van der Waals surface area contributed by atoms with Gasteiger partial charge in [0.25, 0.3) is 0 Å². The Morgan fingerprint density at radius 2 is 1.94 bits per heavy atom. The SMILES string of the molecule is CCCC(CC)c1cccc(S(C)(=O)=O)c1. The van der Waals surface area contributed by atoms with Crippen LogP contribution in [0, 0.1) is 0 Å². The lowest BCUT2D eigenvalue weighted by Gasteiger charge is -2.14. The van der Waals surface area contributed by atoms with E-state index in [0.29, 0.717) is 10.8 Å². The van der Waals surface area contributed by atoms with Crippen LogP contribution in [0.2, 0.25) is 0 Å². The third-order valence-corrected chi connectivity index (χ3v) is 4.00. The van der Waals surface area contributed by atoms with Crippen LogP contribution in [0.25, 0.3) is 0 Å². The molecule has 0 aliphatic rings. The Labute approximate surface area is 98.6 Å². The predicted molar refractivity (Wildman–Crippen MR) is 67.5 cm³/mol. The molecule has 0 saturated heterocycles. The summed E-state index contributed by atoms with van der Waals surface area (Å²) < 4.78 is 22.9. The Hall–Kier alpha value is -0.830. The Bertz CT molecular complexity index is 435. The highest BCUT2D eigenvalue weighted by atomic mass is 32.2. The van der Waals surface area contributed by atoms with Crippen LogP contribution in [0.5, 0.6) is 0 Å². The van der Waals surface area contributed by atoms with Gasteiger partial charge >= 0.3 is 0 Å². The quantitative estimate of drug-likeness (QED) is 0.790. The largest absolute Gasteiger partial charge is 0.224 e. The molecule has 0 aliphatic carbocycles. The molecule has 3 heteroatoms. The van der Waals surface area contributed by atoms with Crippen molar-refractivity contribution in [2.75, 3.05) is 6.26 Å². The predicted octanol–water partition coefficient (Wildman–Crippen LogP) is 3.38. The first-order valence-corrected chi connectivity index (χ1v) is 7.68. The van der Waals surface area contributed by atoms with Crippen molar-refractivity contribution in [3.63, 3.8) is 0 Å². The van der Waals surface area contributed by atoms with Crippen LogP contribution in [0.15, 0.2) is 29.2 Å². The van der Waals surface area contributed by atoms with Gasteiger partial charge < -0.3 is 0 Å². The van der Waals surface area contributed by atoms with E-state index in [1.54, 1.807) is 6.07 Å². The van der Waals surface area contributed by atoms with E-state index in [1.807, 2.05) is 18.2 Å². The average Bonchev–Trinajstić information content (AvgIpc) is 2.25. The molecule has 0 bridgehead atoms. The van der Waals surface area contributed by atoms with Crippen LogP contribution >= 0.6 is 0 Å². The highest BCUT2D eigenvalue weighted by Crippen LogP contribution is 2.26. The maximum absolute atomic E-state index is 11.5. The Balaban J connectivity index is 3.06. The van der Waals surface area contributed by atoms with E-state index in [2.05, 4.69) is 13.8 Å². The monoisotopic (exact) mass is 240 g/mol. The minimum Gasteiger partial charge on any atom is -0.224 e. The molecule has 90 valence electrons. The van der Waals surface area contributed by atoms with Crippen molar-refractivity contribution in [2.45, 2.75) is 43.9 Å². The van der Waals surface area contributed by atoms with Crippen molar-refractivity contribution in [3.05, 3.63) is 29.8 Å². The number of hydrogen-bond donors (Lipinski definition) is 0.